The van der Waals surface area contributed by atoms with E-state index < -0.39 is 0 Å². The van der Waals surface area contributed by atoms with Crippen LogP contribution in [0.25, 0.3) is 0 Å². The second-order valence-electron chi connectivity index (χ2n) is 6.12. The lowest BCUT2D eigenvalue weighted by atomic mass is 9.94. The summed E-state index contributed by atoms with van der Waals surface area (Å²) in [5.74, 6) is 0.846. The van der Waals surface area contributed by atoms with Gasteiger partial charge in [0.15, 0.2) is 5.75 Å². The van der Waals surface area contributed by atoms with E-state index in [0.717, 1.165) is 38.2 Å². The lowest BCUT2D eigenvalue weighted by Gasteiger charge is -2.36. The number of nitrogens with zero attached hydrogens (tertiary/aromatic N) is 2. The van der Waals surface area contributed by atoms with Crippen LogP contribution in [0.3, 0.4) is 0 Å². The number of piperazine rings is 1. The van der Waals surface area contributed by atoms with Crippen molar-refractivity contribution in [2.45, 2.75) is 26.3 Å². The number of nitrogens with one attached hydrogen (secondary N) is 1. The highest BCUT2D eigenvalue weighted by molar-refractivity contribution is 5.85. The van der Waals surface area contributed by atoms with Crippen molar-refractivity contribution in [3.8, 4) is 5.75 Å². The smallest absolute Gasteiger partial charge is 0.311 e. The van der Waals surface area contributed by atoms with Gasteiger partial charge in [-0.2, -0.15) is 0 Å². The summed E-state index contributed by atoms with van der Waals surface area (Å²) in [6.45, 7) is 8.24. The minimum absolute atomic E-state index is 0. The average molecular weight is 380 g/mol. The molecule has 1 saturated heterocycles. The molecule has 0 bridgehead atoms. The van der Waals surface area contributed by atoms with Gasteiger partial charge >= 0.3 is 5.69 Å². The first-order chi connectivity index (χ1) is 10.5. The molecule has 1 aliphatic heterocycles. The summed E-state index contributed by atoms with van der Waals surface area (Å²) in [6, 6.07) is 5.56. The van der Waals surface area contributed by atoms with Crippen LogP contribution in [0.2, 0.25) is 0 Å². The van der Waals surface area contributed by atoms with Crippen LogP contribution in [-0.4, -0.2) is 43.1 Å². The molecule has 8 heteroatoms. The molecule has 0 aromatic heterocycles. The van der Waals surface area contributed by atoms with Crippen LogP contribution in [0.4, 0.5) is 5.69 Å². The van der Waals surface area contributed by atoms with Crippen molar-refractivity contribution in [1.29, 1.82) is 0 Å². The Kier molecular flexibility index (Phi) is 10.2. The van der Waals surface area contributed by atoms with Crippen LogP contribution >= 0.6 is 24.8 Å². The Bertz CT molecular complexity index is 523. The van der Waals surface area contributed by atoms with E-state index in [0.29, 0.717) is 11.7 Å². The number of nitro groups is 1. The van der Waals surface area contributed by atoms with Gasteiger partial charge in [0.05, 0.1) is 12.0 Å². The maximum absolute atomic E-state index is 11.3. The molecule has 0 aliphatic carbocycles. The van der Waals surface area contributed by atoms with E-state index in [-0.39, 0.29) is 41.5 Å². The fourth-order valence-corrected chi connectivity index (χ4v) is 2.99. The summed E-state index contributed by atoms with van der Waals surface area (Å²) in [5, 5.41) is 14.6. The fourth-order valence-electron chi connectivity index (χ4n) is 2.99. The highest BCUT2D eigenvalue weighted by Gasteiger charge is 2.26. The predicted octanol–water partition coefficient (Wildman–Crippen LogP) is 3.44. The van der Waals surface area contributed by atoms with Crippen molar-refractivity contribution in [3.63, 3.8) is 0 Å². The molecule has 0 unspecified atom stereocenters. The van der Waals surface area contributed by atoms with E-state index in [1.807, 2.05) is 6.07 Å². The molecule has 0 radical (unpaired) electrons. The molecule has 1 heterocycles. The summed E-state index contributed by atoms with van der Waals surface area (Å²) in [4.78, 5) is 13.3. The van der Waals surface area contributed by atoms with Crippen molar-refractivity contribution < 1.29 is 9.66 Å². The summed E-state index contributed by atoms with van der Waals surface area (Å²) >= 11 is 0. The highest BCUT2D eigenvalue weighted by atomic mass is 35.5. The zero-order valence-corrected chi connectivity index (χ0v) is 16.0. The highest BCUT2D eigenvalue weighted by Crippen LogP contribution is 2.34. The molecule has 0 amide bonds. The van der Waals surface area contributed by atoms with Crippen molar-refractivity contribution in [1.82, 2.24) is 10.2 Å². The molecule has 138 valence electrons. The molecule has 24 heavy (non-hydrogen) atoms. The van der Waals surface area contributed by atoms with Crippen LogP contribution in [0, 0.1) is 16.0 Å². The first-order valence-electron chi connectivity index (χ1n) is 7.80. The molecule has 1 N–H and O–H groups in total. The molecule has 2 rings (SSSR count). The van der Waals surface area contributed by atoms with Gasteiger partial charge in [-0.15, -0.1) is 24.8 Å². The molecule has 0 spiro atoms. The van der Waals surface area contributed by atoms with Gasteiger partial charge in [-0.25, -0.2) is 0 Å². The number of nitro benzene ring substituents is 1. The molecule has 0 saturated carbocycles. The fraction of sp³-hybridized carbons (Fsp3) is 0.625. The Labute approximate surface area is 155 Å². The van der Waals surface area contributed by atoms with E-state index in [4.69, 9.17) is 4.74 Å². The number of methoxy groups -OCH3 is 1. The number of benzene rings is 1. The van der Waals surface area contributed by atoms with E-state index >= 15 is 0 Å². The van der Waals surface area contributed by atoms with Gasteiger partial charge in [0, 0.05) is 38.3 Å². The number of ether oxygens (including phenoxy) is 1. The lowest BCUT2D eigenvalue weighted by molar-refractivity contribution is -0.385. The van der Waals surface area contributed by atoms with Crippen molar-refractivity contribution in [2.75, 3.05) is 33.3 Å². The van der Waals surface area contributed by atoms with Gasteiger partial charge in [-0.1, -0.05) is 19.9 Å². The third kappa shape index (κ3) is 5.77. The van der Waals surface area contributed by atoms with Gasteiger partial charge in [0.1, 0.15) is 0 Å². The van der Waals surface area contributed by atoms with Crippen molar-refractivity contribution >= 4 is 30.5 Å². The second kappa shape index (κ2) is 10.7. The van der Waals surface area contributed by atoms with Gasteiger partial charge in [-0.05, 0) is 24.0 Å². The van der Waals surface area contributed by atoms with Gasteiger partial charge < -0.3 is 10.1 Å². The maximum atomic E-state index is 11.3. The Hall–Kier alpha value is -1.08. The van der Waals surface area contributed by atoms with E-state index in [2.05, 4.69) is 24.1 Å². The summed E-state index contributed by atoms with van der Waals surface area (Å²) in [5.41, 5.74) is 1.05. The van der Waals surface area contributed by atoms with Gasteiger partial charge in [0.25, 0.3) is 0 Å². The summed E-state index contributed by atoms with van der Waals surface area (Å²) < 4.78 is 5.10. The molecule has 1 aromatic rings. The number of hydrogen-bond acceptors (Lipinski definition) is 5. The average Bonchev–Trinajstić information content (AvgIpc) is 2.52. The summed E-state index contributed by atoms with van der Waals surface area (Å²) in [6.07, 6.45) is 0.990. The van der Waals surface area contributed by atoms with Crippen LogP contribution in [0.15, 0.2) is 18.2 Å². The van der Waals surface area contributed by atoms with Crippen molar-refractivity contribution in [3.05, 3.63) is 33.9 Å². The van der Waals surface area contributed by atoms with E-state index in [9.17, 15) is 10.1 Å². The Balaban J connectivity index is 0.00000264. The van der Waals surface area contributed by atoms with Crippen LogP contribution in [0.5, 0.6) is 5.75 Å². The quantitative estimate of drug-likeness (QED) is 0.605. The number of rotatable bonds is 6. The van der Waals surface area contributed by atoms with Gasteiger partial charge in [0.2, 0.25) is 0 Å². The maximum Gasteiger partial charge on any atom is 0.311 e. The normalized spacial score (nSPS) is 16.0. The SMILES string of the molecule is COc1ccc([C@@H](CC(C)C)N2CCNCC2)cc1[N+](=O)[O-].Cl.Cl. The standard InChI is InChI=1S/C16H25N3O3.2ClH/c1-12(2)10-14(18-8-6-17-7-9-18)13-4-5-16(22-3)15(11-13)19(20)21;;/h4-5,11-12,14,17H,6-10H2,1-3H3;2*1H/t14-;;/m1../s1. The largest absolute Gasteiger partial charge is 0.490 e. The Morgan fingerprint density at radius 2 is 1.92 bits per heavy atom. The number of halogens is 2. The minimum Gasteiger partial charge on any atom is -0.490 e. The lowest BCUT2D eigenvalue weighted by Crippen LogP contribution is -2.45. The minimum atomic E-state index is -0.369. The van der Waals surface area contributed by atoms with Gasteiger partial charge in [-0.3, -0.25) is 15.0 Å². The molecule has 1 fully saturated rings. The first kappa shape index (κ1) is 22.9. The zero-order chi connectivity index (χ0) is 16.1. The second-order valence-corrected chi connectivity index (χ2v) is 6.12. The van der Waals surface area contributed by atoms with Crippen molar-refractivity contribution in [2.24, 2.45) is 5.92 Å². The molecule has 1 aromatic carbocycles. The molecular formula is C16H27Cl2N3O3. The molecular weight excluding hydrogens is 353 g/mol. The molecule has 1 atom stereocenters. The molecule has 6 nitrogen and oxygen atoms in total. The topological polar surface area (TPSA) is 67.6 Å². The Morgan fingerprint density at radius 3 is 2.42 bits per heavy atom. The molecule has 1 aliphatic rings. The Morgan fingerprint density at radius 1 is 1.29 bits per heavy atom. The van der Waals surface area contributed by atoms with E-state index in [1.165, 1.54) is 7.11 Å². The van der Waals surface area contributed by atoms with Crippen LogP contribution in [-0.2, 0) is 0 Å². The number of hydrogen-bond donors (Lipinski definition) is 1. The monoisotopic (exact) mass is 379 g/mol. The summed E-state index contributed by atoms with van der Waals surface area (Å²) in [7, 11) is 1.46. The zero-order valence-electron chi connectivity index (χ0n) is 14.4. The van der Waals surface area contributed by atoms with Crippen LogP contribution < -0.4 is 10.1 Å². The third-order valence-electron chi connectivity index (χ3n) is 4.07. The van der Waals surface area contributed by atoms with Crippen LogP contribution in [0.1, 0.15) is 31.9 Å². The third-order valence-corrected chi connectivity index (χ3v) is 4.07. The predicted molar refractivity (Wildman–Crippen MR) is 101 cm³/mol. The first-order valence-corrected chi connectivity index (χ1v) is 7.80. The van der Waals surface area contributed by atoms with E-state index in [1.54, 1.807) is 12.1 Å².